The van der Waals surface area contributed by atoms with Crippen molar-refractivity contribution in [2.45, 2.75) is 6.04 Å². The van der Waals surface area contributed by atoms with Crippen molar-refractivity contribution in [2.75, 3.05) is 7.11 Å². The van der Waals surface area contributed by atoms with Crippen LogP contribution < -0.4 is 16.0 Å². The zero-order valence-electron chi connectivity index (χ0n) is 10.2. The van der Waals surface area contributed by atoms with Crippen molar-refractivity contribution < 1.29 is 9.13 Å². The number of aromatic nitrogens is 2. The molecule has 1 atom stereocenters. The predicted octanol–water partition coefficient (Wildman–Crippen LogP) is 1.12. The smallest absolute Gasteiger partial charge is 0.132 e. The maximum Gasteiger partial charge on any atom is 0.132 e. The van der Waals surface area contributed by atoms with Gasteiger partial charge in [0, 0.05) is 13.2 Å². The lowest BCUT2D eigenvalue weighted by molar-refractivity contribution is 0.396. The third-order valence-corrected chi connectivity index (χ3v) is 2.72. The average molecular weight is 250 g/mol. The molecule has 1 unspecified atom stereocenters. The van der Waals surface area contributed by atoms with Crippen molar-refractivity contribution in [2.24, 2.45) is 12.9 Å². The minimum absolute atomic E-state index is 0.348. The van der Waals surface area contributed by atoms with Gasteiger partial charge in [0.2, 0.25) is 0 Å². The van der Waals surface area contributed by atoms with E-state index >= 15 is 0 Å². The summed E-state index contributed by atoms with van der Waals surface area (Å²) >= 11 is 0. The highest BCUT2D eigenvalue weighted by molar-refractivity contribution is 5.40. The summed E-state index contributed by atoms with van der Waals surface area (Å²) < 4.78 is 20.8. The first-order valence-corrected chi connectivity index (χ1v) is 5.45. The summed E-state index contributed by atoms with van der Waals surface area (Å²) in [6.07, 6.45) is 1.77. The van der Waals surface area contributed by atoms with E-state index in [9.17, 15) is 4.39 Å². The first-order valence-electron chi connectivity index (χ1n) is 5.45. The van der Waals surface area contributed by atoms with Gasteiger partial charge in [0.15, 0.2) is 0 Å². The van der Waals surface area contributed by atoms with Gasteiger partial charge in [-0.2, -0.15) is 5.10 Å². The summed E-state index contributed by atoms with van der Waals surface area (Å²) in [5, 5.41) is 4.23. The van der Waals surface area contributed by atoms with Crippen LogP contribution in [0.3, 0.4) is 0 Å². The van der Waals surface area contributed by atoms with Gasteiger partial charge >= 0.3 is 0 Å². The molecular weight excluding hydrogens is 235 g/mol. The summed E-state index contributed by atoms with van der Waals surface area (Å²) in [6.45, 7) is 0. The molecular formula is C12H15FN4O. The van der Waals surface area contributed by atoms with Gasteiger partial charge in [-0.05, 0) is 18.2 Å². The van der Waals surface area contributed by atoms with Crippen molar-refractivity contribution in [3.63, 3.8) is 0 Å². The van der Waals surface area contributed by atoms with Crippen molar-refractivity contribution in [1.82, 2.24) is 15.2 Å². The summed E-state index contributed by atoms with van der Waals surface area (Å²) in [7, 11) is 3.28. The Balaban J connectivity index is 2.51. The molecule has 0 radical (unpaired) electrons. The van der Waals surface area contributed by atoms with Crippen LogP contribution in [0.25, 0.3) is 0 Å². The number of nitrogens with zero attached hydrogens (tertiary/aromatic N) is 2. The largest absolute Gasteiger partial charge is 0.496 e. The molecule has 0 bridgehead atoms. The van der Waals surface area contributed by atoms with Crippen LogP contribution in [0.2, 0.25) is 0 Å². The quantitative estimate of drug-likeness (QED) is 0.630. The lowest BCUT2D eigenvalue weighted by Crippen LogP contribution is -2.30. The fourth-order valence-corrected chi connectivity index (χ4v) is 1.88. The maximum absolute atomic E-state index is 14.0. The van der Waals surface area contributed by atoms with Gasteiger partial charge < -0.3 is 4.74 Å². The highest BCUT2D eigenvalue weighted by Gasteiger charge is 2.22. The first kappa shape index (κ1) is 12.5. The Labute approximate surface area is 104 Å². The number of hydrogen-bond acceptors (Lipinski definition) is 4. The normalized spacial score (nSPS) is 12.4. The molecule has 0 aliphatic heterocycles. The fraction of sp³-hybridized carbons (Fsp3) is 0.250. The molecule has 96 valence electrons. The number of halogens is 1. The van der Waals surface area contributed by atoms with Gasteiger partial charge in [0.25, 0.3) is 0 Å². The maximum atomic E-state index is 14.0. The molecule has 1 heterocycles. The topological polar surface area (TPSA) is 65.1 Å². The molecule has 0 amide bonds. The Hall–Kier alpha value is -1.92. The Morgan fingerprint density at radius 2 is 2.22 bits per heavy atom. The molecule has 18 heavy (non-hydrogen) atoms. The molecule has 6 heteroatoms. The number of hydrazine groups is 1. The van der Waals surface area contributed by atoms with Gasteiger partial charge in [0.05, 0.1) is 24.4 Å². The second kappa shape index (κ2) is 5.16. The molecule has 0 aliphatic rings. The molecule has 2 aromatic rings. The van der Waals surface area contributed by atoms with Crippen LogP contribution in [0.15, 0.2) is 30.5 Å². The van der Waals surface area contributed by atoms with Crippen molar-refractivity contribution >= 4 is 0 Å². The van der Waals surface area contributed by atoms with Crippen molar-refractivity contribution in [3.8, 4) is 5.75 Å². The van der Waals surface area contributed by atoms with Crippen molar-refractivity contribution in [1.29, 1.82) is 0 Å². The minimum Gasteiger partial charge on any atom is -0.496 e. The van der Waals surface area contributed by atoms with Crippen LogP contribution in [-0.2, 0) is 7.05 Å². The number of hydrogen-bond donors (Lipinski definition) is 2. The number of ether oxygens (including phenoxy) is 1. The highest BCUT2D eigenvalue weighted by Crippen LogP contribution is 2.30. The zero-order chi connectivity index (χ0) is 13.1. The molecule has 5 nitrogen and oxygen atoms in total. The van der Waals surface area contributed by atoms with Crippen LogP contribution in [0.4, 0.5) is 4.39 Å². The predicted molar refractivity (Wildman–Crippen MR) is 65.3 cm³/mol. The SMILES string of the molecule is COc1cccc(F)c1C(NN)c1ccn(C)n1. The minimum atomic E-state index is -0.553. The van der Waals surface area contributed by atoms with Gasteiger partial charge in [-0.25, -0.2) is 9.82 Å². The zero-order valence-corrected chi connectivity index (χ0v) is 10.2. The summed E-state index contributed by atoms with van der Waals surface area (Å²) in [5.41, 5.74) is 3.54. The van der Waals surface area contributed by atoms with E-state index in [1.54, 1.807) is 36.1 Å². The molecule has 0 saturated carbocycles. The van der Waals surface area contributed by atoms with Gasteiger partial charge in [0.1, 0.15) is 11.6 Å². The van der Waals surface area contributed by atoms with E-state index in [-0.39, 0.29) is 5.82 Å². The van der Waals surface area contributed by atoms with E-state index in [0.717, 1.165) is 0 Å². The monoisotopic (exact) mass is 250 g/mol. The molecule has 2 rings (SSSR count). The van der Waals surface area contributed by atoms with Crippen LogP contribution in [0.1, 0.15) is 17.3 Å². The number of rotatable bonds is 4. The highest BCUT2D eigenvalue weighted by atomic mass is 19.1. The third kappa shape index (κ3) is 2.20. The molecule has 3 N–H and O–H groups in total. The molecule has 0 fully saturated rings. The molecule has 0 spiro atoms. The Morgan fingerprint density at radius 3 is 2.78 bits per heavy atom. The van der Waals surface area contributed by atoms with Gasteiger partial charge in [-0.1, -0.05) is 6.07 Å². The number of nitrogens with two attached hydrogens (primary N) is 1. The Kier molecular flexibility index (Phi) is 3.59. The number of aryl methyl sites for hydroxylation is 1. The van der Waals surface area contributed by atoms with E-state index in [0.29, 0.717) is 17.0 Å². The molecule has 0 aliphatic carbocycles. The van der Waals surface area contributed by atoms with Crippen molar-refractivity contribution in [3.05, 3.63) is 47.5 Å². The summed E-state index contributed by atoms with van der Waals surface area (Å²) in [4.78, 5) is 0. The first-order chi connectivity index (χ1) is 8.67. The van der Waals surface area contributed by atoms with Gasteiger partial charge in [-0.3, -0.25) is 10.5 Å². The van der Waals surface area contributed by atoms with E-state index in [4.69, 9.17) is 10.6 Å². The molecule has 0 saturated heterocycles. The number of benzene rings is 1. The van der Waals surface area contributed by atoms with E-state index in [1.165, 1.54) is 13.2 Å². The Morgan fingerprint density at radius 1 is 1.44 bits per heavy atom. The van der Waals surface area contributed by atoms with Crippen LogP contribution in [-0.4, -0.2) is 16.9 Å². The Bertz CT molecular complexity index is 541. The fourth-order valence-electron chi connectivity index (χ4n) is 1.88. The third-order valence-electron chi connectivity index (χ3n) is 2.72. The van der Waals surface area contributed by atoms with Crippen LogP contribution in [0, 0.1) is 5.82 Å². The average Bonchev–Trinajstić information content (AvgIpc) is 2.78. The molecule has 1 aromatic heterocycles. The number of methoxy groups -OCH3 is 1. The number of nitrogens with one attached hydrogen (secondary N) is 1. The lowest BCUT2D eigenvalue weighted by Gasteiger charge is -2.17. The second-order valence-corrected chi connectivity index (χ2v) is 3.87. The van der Waals surface area contributed by atoms with Gasteiger partial charge in [-0.15, -0.1) is 0 Å². The van der Waals surface area contributed by atoms with E-state index in [2.05, 4.69) is 10.5 Å². The van der Waals surface area contributed by atoms with E-state index < -0.39 is 6.04 Å². The summed E-state index contributed by atoms with van der Waals surface area (Å²) in [6, 6.07) is 5.86. The van der Waals surface area contributed by atoms with Crippen LogP contribution in [0.5, 0.6) is 5.75 Å². The van der Waals surface area contributed by atoms with E-state index in [1.807, 2.05) is 0 Å². The summed E-state index contributed by atoms with van der Waals surface area (Å²) in [5.74, 6) is 5.56. The second-order valence-electron chi connectivity index (χ2n) is 3.87. The van der Waals surface area contributed by atoms with Crippen LogP contribution >= 0.6 is 0 Å². The lowest BCUT2D eigenvalue weighted by atomic mass is 10.0. The molecule has 1 aromatic carbocycles. The standard InChI is InChI=1S/C12H15FN4O/c1-17-7-6-9(16-17)12(15-14)11-8(13)4-3-5-10(11)18-2/h3-7,12,15H,14H2,1-2H3.